The molecule has 0 aromatic heterocycles. The molecule has 1 unspecified atom stereocenters. The highest BCUT2D eigenvalue weighted by molar-refractivity contribution is 7.99. The first-order valence-corrected chi connectivity index (χ1v) is 10.7. The Bertz CT molecular complexity index is 620. The second-order valence-corrected chi connectivity index (χ2v) is 8.02. The first-order valence-electron chi connectivity index (χ1n) is 9.55. The van der Waals surface area contributed by atoms with E-state index in [0.29, 0.717) is 25.1 Å². The van der Waals surface area contributed by atoms with Gasteiger partial charge in [0.05, 0.1) is 18.6 Å². The average Bonchev–Trinajstić information content (AvgIpc) is 2.65. The molecule has 2 rings (SSSR count). The zero-order valence-electron chi connectivity index (χ0n) is 15.6. The summed E-state index contributed by atoms with van der Waals surface area (Å²) in [5.74, 6) is 0.861. The highest BCUT2D eigenvalue weighted by Gasteiger charge is 2.25. The first-order chi connectivity index (χ1) is 13.1. The van der Waals surface area contributed by atoms with Gasteiger partial charge in [-0.3, -0.25) is 9.59 Å². The third kappa shape index (κ3) is 8.18. The van der Waals surface area contributed by atoms with Gasteiger partial charge in [0.15, 0.2) is 0 Å². The minimum Gasteiger partial charge on any atom is -0.481 e. The molecule has 0 radical (unpaired) electrons. The Balaban J connectivity index is 1.79. The summed E-state index contributed by atoms with van der Waals surface area (Å²) in [4.78, 5) is 24.7. The van der Waals surface area contributed by atoms with Gasteiger partial charge in [0.1, 0.15) is 0 Å². The van der Waals surface area contributed by atoms with Gasteiger partial charge >= 0.3 is 5.97 Å². The Hall–Kier alpha value is -1.79. The van der Waals surface area contributed by atoms with Crippen LogP contribution >= 0.6 is 11.8 Å². The number of aliphatic hydroxyl groups is 1. The summed E-state index contributed by atoms with van der Waals surface area (Å²) in [7, 11) is 0. The molecule has 1 aromatic carbocycles. The van der Waals surface area contributed by atoms with E-state index in [1.54, 1.807) is 11.8 Å². The maximum absolute atomic E-state index is 12.3. The maximum Gasteiger partial charge on any atom is 0.304 e. The van der Waals surface area contributed by atoms with E-state index in [4.69, 9.17) is 5.11 Å². The number of aliphatic hydroxyl groups excluding tert-OH is 1. The third-order valence-electron chi connectivity index (χ3n) is 4.60. The van der Waals surface area contributed by atoms with Crippen molar-refractivity contribution in [2.24, 2.45) is 0 Å². The number of hydrogen-bond donors (Lipinski definition) is 2. The molecule has 0 bridgehead atoms. The fourth-order valence-corrected chi connectivity index (χ4v) is 4.07. The number of hydrogen-bond acceptors (Lipinski definition) is 4. The molecule has 1 heterocycles. The van der Waals surface area contributed by atoms with Crippen LogP contribution in [0.3, 0.4) is 0 Å². The number of benzene rings is 1. The van der Waals surface area contributed by atoms with Crippen molar-refractivity contribution >= 4 is 23.6 Å². The lowest BCUT2D eigenvalue weighted by atomic mass is 9.99. The van der Waals surface area contributed by atoms with E-state index in [2.05, 4.69) is 0 Å². The molecule has 1 aliphatic rings. The first kappa shape index (κ1) is 21.5. The van der Waals surface area contributed by atoms with Crippen molar-refractivity contribution in [3.8, 4) is 0 Å². The van der Waals surface area contributed by atoms with Crippen LogP contribution in [-0.2, 0) is 16.0 Å². The number of carboxylic acid groups (broad SMARTS) is 1. The molecule has 2 N–H and O–H groups in total. The Kier molecular flexibility index (Phi) is 9.42. The molecule has 1 amide bonds. The van der Waals surface area contributed by atoms with Crippen molar-refractivity contribution in [3.05, 3.63) is 48.0 Å². The molecular formula is C21H29NO4S. The van der Waals surface area contributed by atoms with Gasteiger partial charge in [0.25, 0.3) is 0 Å². The van der Waals surface area contributed by atoms with Gasteiger partial charge in [0, 0.05) is 25.1 Å². The van der Waals surface area contributed by atoms with Gasteiger partial charge in [-0.1, -0.05) is 42.5 Å². The zero-order valence-corrected chi connectivity index (χ0v) is 16.4. The Morgan fingerprint density at radius 1 is 1.30 bits per heavy atom. The average molecular weight is 392 g/mol. The predicted octanol–water partition coefficient (Wildman–Crippen LogP) is 3.13. The van der Waals surface area contributed by atoms with Crippen molar-refractivity contribution < 1.29 is 19.8 Å². The number of aliphatic carboxylic acids is 1. The van der Waals surface area contributed by atoms with E-state index >= 15 is 0 Å². The molecule has 1 aliphatic heterocycles. The van der Waals surface area contributed by atoms with Crippen LogP contribution in [0.25, 0.3) is 0 Å². The van der Waals surface area contributed by atoms with Crippen LogP contribution in [-0.4, -0.2) is 57.2 Å². The van der Waals surface area contributed by atoms with Gasteiger partial charge in [-0.05, 0) is 30.6 Å². The number of thioether (sulfide) groups is 1. The van der Waals surface area contributed by atoms with E-state index in [-0.39, 0.29) is 18.4 Å². The van der Waals surface area contributed by atoms with Crippen molar-refractivity contribution in [1.29, 1.82) is 0 Å². The van der Waals surface area contributed by atoms with Gasteiger partial charge < -0.3 is 15.1 Å². The fraction of sp³-hybridized carbons (Fsp3) is 0.524. The molecule has 0 saturated carbocycles. The number of carbonyl (C=O) groups is 2. The molecule has 1 fully saturated rings. The van der Waals surface area contributed by atoms with E-state index in [9.17, 15) is 14.7 Å². The normalized spacial score (nSPS) is 18.8. The van der Waals surface area contributed by atoms with E-state index in [1.165, 1.54) is 0 Å². The molecule has 0 spiro atoms. The Morgan fingerprint density at radius 3 is 2.81 bits per heavy atom. The lowest BCUT2D eigenvalue weighted by molar-refractivity contribution is -0.136. The van der Waals surface area contributed by atoms with Crippen LogP contribution in [0.15, 0.2) is 42.5 Å². The Morgan fingerprint density at radius 2 is 2.07 bits per heavy atom. The third-order valence-corrected chi connectivity index (χ3v) is 5.67. The maximum atomic E-state index is 12.3. The van der Waals surface area contributed by atoms with Gasteiger partial charge in [0.2, 0.25) is 5.91 Å². The van der Waals surface area contributed by atoms with Crippen LogP contribution in [0, 0.1) is 0 Å². The highest BCUT2D eigenvalue weighted by Crippen LogP contribution is 2.20. The molecule has 6 heteroatoms. The van der Waals surface area contributed by atoms with Crippen molar-refractivity contribution in [2.75, 3.05) is 18.1 Å². The monoisotopic (exact) mass is 391 g/mol. The largest absolute Gasteiger partial charge is 0.481 e. The van der Waals surface area contributed by atoms with Crippen LogP contribution in [0.1, 0.15) is 37.7 Å². The number of likely N-dealkylation sites (tertiary alicyclic amines) is 1. The quantitative estimate of drug-likeness (QED) is 0.448. The molecule has 2 atom stereocenters. The number of amides is 1. The Labute approximate surface area is 165 Å². The smallest absolute Gasteiger partial charge is 0.304 e. The minimum atomic E-state index is -0.770. The molecule has 27 heavy (non-hydrogen) atoms. The second-order valence-electron chi connectivity index (χ2n) is 6.80. The summed E-state index contributed by atoms with van der Waals surface area (Å²) in [6.07, 6.45) is 7.22. The van der Waals surface area contributed by atoms with Crippen LogP contribution < -0.4 is 0 Å². The summed E-state index contributed by atoms with van der Waals surface area (Å²) < 4.78 is 0. The second kappa shape index (κ2) is 11.8. The number of piperidine rings is 1. The highest BCUT2D eigenvalue weighted by atomic mass is 32.2. The van der Waals surface area contributed by atoms with Gasteiger partial charge in [-0.25, -0.2) is 0 Å². The van der Waals surface area contributed by atoms with E-state index in [0.717, 1.165) is 30.6 Å². The van der Waals surface area contributed by atoms with Crippen molar-refractivity contribution in [1.82, 2.24) is 4.90 Å². The zero-order chi connectivity index (χ0) is 19.5. The molecule has 148 valence electrons. The summed E-state index contributed by atoms with van der Waals surface area (Å²) >= 11 is 1.62. The molecule has 1 saturated heterocycles. The number of carboxylic acids is 1. The molecule has 5 nitrogen and oxygen atoms in total. The van der Waals surface area contributed by atoms with Crippen molar-refractivity contribution in [3.63, 3.8) is 0 Å². The molecule has 1 aromatic rings. The van der Waals surface area contributed by atoms with Gasteiger partial charge in [-0.2, -0.15) is 11.8 Å². The SMILES string of the molecule is O=C(O)CCSCCCN1C(=O)CCC[C@@H]1C=CC(O)Cc1ccccc1. The van der Waals surface area contributed by atoms with Crippen molar-refractivity contribution in [2.45, 2.75) is 50.7 Å². The van der Waals surface area contributed by atoms with Crippen LogP contribution in [0.2, 0.25) is 0 Å². The number of nitrogens with zero attached hydrogens (tertiary/aromatic N) is 1. The lowest BCUT2D eigenvalue weighted by Gasteiger charge is -2.34. The fourth-order valence-electron chi connectivity index (χ4n) is 3.22. The van der Waals surface area contributed by atoms with Crippen LogP contribution in [0.5, 0.6) is 0 Å². The van der Waals surface area contributed by atoms with Gasteiger partial charge in [-0.15, -0.1) is 0 Å². The lowest BCUT2D eigenvalue weighted by Crippen LogP contribution is -2.43. The number of rotatable bonds is 11. The summed E-state index contributed by atoms with van der Waals surface area (Å²) in [5.41, 5.74) is 1.09. The van der Waals surface area contributed by atoms with E-state index < -0.39 is 12.1 Å². The standard InChI is InChI=1S/C21H29NO4S/c23-19(16-17-6-2-1-3-7-17)11-10-18-8-4-9-20(24)22(18)13-5-14-27-15-12-21(25)26/h1-3,6-7,10-11,18-19,23H,4-5,8-9,12-16H2,(H,25,26)/t18-,19?/m1/s1. The summed E-state index contributed by atoms with van der Waals surface area (Å²) in [6.45, 7) is 0.683. The summed E-state index contributed by atoms with van der Waals surface area (Å²) in [5, 5.41) is 18.9. The number of carbonyl (C=O) groups excluding carboxylic acids is 1. The minimum absolute atomic E-state index is 0.0423. The predicted molar refractivity (Wildman–Crippen MR) is 109 cm³/mol. The topological polar surface area (TPSA) is 77.8 Å². The molecule has 0 aliphatic carbocycles. The van der Waals surface area contributed by atoms with Crippen LogP contribution in [0.4, 0.5) is 0 Å². The van der Waals surface area contributed by atoms with E-state index in [1.807, 2.05) is 47.4 Å². The summed E-state index contributed by atoms with van der Waals surface area (Å²) in [6, 6.07) is 9.91. The molecular weight excluding hydrogens is 362 g/mol.